The number of hydrogen-bond donors (Lipinski definition) is 1. The van der Waals surface area contributed by atoms with Gasteiger partial charge in [0, 0.05) is 33.9 Å². The van der Waals surface area contributed by atoms with Crippen LogP contribution in [0.2, 0.25) is 0 Å². The van der Waals surface area contributed by atoms with E-state index in [-0.39, 0.29) is 11.9 Å². The summed E-state index contributed by atoms with van der Waals surface area (Å²) in [7, 11) is -0.661. The van der Waals surface area contributed by atoms with E-state index >= 15 is 0 Å². The van der Waals surface area contributed by atoms with E-state index in [1.165, 1.54) is 5.57 Å². The minimum absolute atomic E-state index is 0.116. The summed E-state index contributed by atoms with van der Waals surface area (Å²) < 4.78 is 11.3. The smallest absolute Gasteiger partial charge is 0.247 e. The van der Waals surface area contributed by atoms with Crippen molar-refractivity contribution in [3.63, 3.8) is 0 Å². The van der Waals surface area contributed by atoms with Gasteiger partial charge in [0.15, 0.2) is 0 Å². The van der Waals surface area contributed by atoms with Crippen molar-refractivity contribution in [2.24, 2.45) is 5.41 Å². The zero-order valence-corrected chi connectivity index (χ0v) is 13.1. The Morgan fingerprint density at radius 3 is 2.53 bits per heavy atom. The molecular weight excluding hydrogens is 258 g/mol. The number of hydrogen-bond acceptors (Lipinski definition) is 2. The van der Waals surface area contributed by atoms with Gasteiger partial charge in [-0.15, -0.1) is 0 Å². The molecule has 108 valence electrons. The molecule has 2 aliphatic rings. The predicted molar refractivity (Wildman–Crippen MR) is 79.4 cm³/mol. The number of rotatable bonds is 2. The summed E-state index contributed by atoms with van der Waals surface area (Å²) >= 11 is 0. The van der Waals surface area contributed by atoms with Gasteiger partial charge in [0.05, 0.1) is 0 Å². The van der Waals surface area contributed by atoms with Crippen LogP contribution in [0.15, 0.2) is 11.1 Å². The highest BCUT2D eigenvalue weighted by atomic mass is 32.2. The lowest BCUT2D eigenvalue weighted by molar-refractivity contribution is -0.118. The molecule has 19 heavy (non-hydrogen) atoms. The molecule has 0 bridgehead atoms. The van der Waals surface area contributed by atoms with Crippen LogP contribution in [0.1, 0.15) is 52.9 Å². The van der Waals surface area contributed by atoms with Gasteiger partial charge < -0.3 is 5.32 Å². The first-order valence-corrected chi connectivity index (χ1v) is 8.71. The second-order valence-corrected chi connectivity index (χ2v) is 8.39. The van der Waals surface area contributed by atoms with Gasteiger partial charge in [-0.25, -0.2) is 0 Å². The molecule has 1 aliphatic carbocycles. The van der Waals surface area contributed by atoms with Crippen molar-refractivity contribution in [1.29, 1.82) is 0 Å². The highest BCUT2D eigenvalue weighted by Crippen LogP contribution is 2.38. The molecule has 1 fully saturated rings. The van der Waals surface area contributed by atoms with Gasteiger partial charge in [0.1, 0.15) is 0 Å². The van der Waals surface area contributed by atoms with Crippen molar-refractivity contribution in [2.75, 3.05) is 11.5 Å². The van der Waals surface area contributed by atoms with Crippen molar-refractivity contribution in [2.45, 2.75) is 58.9 Å². The number of carbonyl (C=O) groups is 1. The summed E-state index contributed by atoms with van der Waals surface area (Å²) in [4.78, 5) is 12.3. The molecule has 2 rings (SSSR count). The third kappa shape index (κ3) is 3.91. The first kappa shape index (κ1) is 14.8. The lowest BCUT2D eigenvalue weighted by atomic mass is 9.74. The molecule has 3 nitrogen and oxygen atoms in total. The molecule has 1 aliphatic heterocycles. The number of allylic oxidation sites excluding steroid dienone is 1. The average Bonchev–Trinajstić information content (AvgIpc) is 2.30. The molecule has 1 amide bonds. The van der Waals surface area contributed by atoms with Crippen LogP contribution in [0, 0.1) is 5.41 Å². The quantitative estimate of drug-likeness (QED) is 0.846. The Balaban J connectivity index is 1.95. The molecule has 0 atom stereocenters. The molecule has 0 aromatic carbocycles. The standard InChI is InChI=1S/C15H25NO2S/c1-11-10-15(2,3)7-4-13(11)14(17)16-12-5-8-19(18)9-6-12/h12H,4-10H2,1-3H3,(H,16,17). The minimum Gasteiger partial charge on any atom is -0.350 e. The fourth-order valence-corrected chi connectivity index (χ4v) is 4.41. The van der Waals surface area contributed by atoms with E-state index in [1.54, 1.807) is 0 Å². The molecule has 0 saturated carbocycles. The maximum Gasteiger partial charge on any atom is 0.247 e. The lowest BCUT2D eigenvalue weighted by Gasteiger charge is -2.32. The van der Waals surface area contributed by atoms with Crippen molar-refractivity contribution < 1.29 is 9.00 Å². The minimum atomic E-state index is -0.661. The van der Waals surface area contributed by atoms with Crippen LogP contribution < -0.4 is 5.32 Å². The molecule has 0 aromatic heterocycles. The zero-order valence-electron chi connectivity index (χ0n) is 12.3. The Kier molecular flexibility index (Phi) is 4.49. The van der Waals surface area contributed by atoms with Crippen LogP contribution in [0.4, 0.5) is 0 Å². The maximum atomic E-state index is 12.3. The van der Waals surface area contributed by atoms with Crippen LogP contribution in [0.25, 0.3) is 0 Å². The zero-order chi connectivity index (χ0) is 14.0. The van der Waals surface area contributed by atoms with E-state index in [0.29, 0.717) is 5.41 Å². The molecule has 1 heterocycles. The summed E-state index contributed by atoms with van der Waals surface area (Å²) in [6.07, 6.45) is 4.71. The third-order valence-electron chi connectivity index (χ3n) is 4.31. The Labute approximate surface area is 118 Å². The molecule has 0 spiro atoms. The van der Waals surface area contributed by atoms with Crippen LogP contribution in [0.3, 0.4) is 0 Å². The van der Waals surface area contributed by atoms with E-state index in [1.807, 2.05) is 0 Å². The molecule has 0 unspecified atom stereocenters. The summed E-state index contributed by atoms with van der Waals surface area (Å²) in [5.41, 5.74) is 2.56. The van der Waals surface area contributed by atoms with Crippen molar-refractivity contribution in [3.8, 4) is 0 Å². The van der Waals surface area contributed by atoms with E-state index in [2.05, 4.69) is 26.1 Å². The maximum absolute atomic E-state index is 12.3. The predicted octanol–water partition coefficient (Wildman–Crippen LogP) is 2.54. The van der Waals surface area contributed by atoms with E-state index in [4.69, 9.17) is 0 Å². The summed E-state index contributed by atoms with van der Waals surface area (Å²) in [6, 6.07) is 0.223. The van der Waals surface area contributed by atoms with Gasteiger partial charge in [-0.1, -0.05) is 19.4 Å². The van der Waals surface area contributed by atoms with Crippen LogP contribution in [0.5, 0.6) is 0 Å². The Hall–Kier alpha value is -0.640. The molecule has 0 aromatic rings. The Morgan fingerprint density at radius 2 is 1.95 bits per heavy atom. The van der Waals surface area contributed by atoms with E-state index < -0.39 is 10.8 Å². The number of amides is 1. The van der Waals surface area contributed by atoms with Gasteiger partial charge in [0.2, 0.25) is 5.91 Å². The molecular formula is C15H25NO2S. The Bertz CT molecular complexity index is 416. The SMILES string of the molecule is CC1=C(C(=O)NC2CCS(=O)CC2)CCC(C)(C)C1. The summed E-state index contributed by atoms with van der Waals surface area (Å²) in [5, 5.41) is 3.14. The second-order valence-electron chi connectivity index (χ2n) is 6.70. The topological polar surface area (TPSA) is 46.2 Å². The van der Waals surface area contributed by atoms with Crippen molar-refractivity contribution >= 4 is 16.7 Å². The van der Waals surface area contributed by atoms with E-state index in [0.717, 1.165) is 49.2 Å². The van der Waals surface area contributed by atoms with Crippen molar-refractivity contribution in [1.82, 2.24) is 5.32 Å². The normalized spacial score (nSPS) is 31.1. The summed E-state index contributed by atoms with van der Waals surface area (Å²) in [5.74, 6) is 1.58. The van der Waals surface area contributed by atoms with Crippen LogP contribution in [-0.4, -0.2) is 27.7 Å². The lowest BCUT2D eigenvalue weighted by Crippen LogP contribution is -2.41. The summed E-state index contributed by atoms with van der Waals surface area (Å²) in [6.45, 7) is 6.62. The van der Waals surface area contributed by atoms with Gasteiger partial charge in [-0.3, -0.25) is 9.00 Å². The molecule has 1 N–H and O–H groups in total. The Morgan fingerprint density at radius 1 is 1.32 bits per heavy atom. The fraction of sp³-hybridized carbons (Fsp3) is 0.800. The largest absolute Gasteiger partial charge is 0.350 e. The van der Waals surface area contributed by atoms with Gasteiger partial charge in [-0.05, 0) is 44.4 Å². The third-order valence-corrected chi connectivity index (χ3v) is 5.69. The molecule has 0 radical (unpaired) electrons. The second kappa shape index (κ2) is 5.78. The van der Waals surface area contributed by atoms with Gasteiger partial charge in [0.25, 0.3) is 0 Å². The van der Waals surface area contributed by atoms with Gasteiger partial charge >= 0.3 is 0 Å². The molecule has 4 heteroatoms. The molecule has 1 saturated heterocycles. The van der Waals surface area contributed by atoms with Crippen molar-refractivity contribution in [3.05, 3.63) is 11.1 Å². The fourth-order valence-electron chi connectivity index (χ4n) is 3.11. The average molecular weight is 283 g/mol. The number of nitrogens with one attached hydrogen (secondary N) is 1. The van der Waals surface area contributed by atoms with Crippen LogP contribution in [-0.2, 0) is 15.6 Å². The first-order valence-electron chi connectivity index (χ1n) is 7.22. The first-order chi connectivity index (χ1) is 8.87. The van der Waals surface area contributed by atoms with Crippen LogP contribution >= 0.6 is 0 Å². The van der Waals surface area contributed by atoms with Gasteiger partial charge in [-0.2, -0.15) is 0 Å². The highest BCUT2D eigenvalue weighted by molar-refractivity contribution is 7.85. The number of carbonyl (C=O) groups excluding carboxylic acids is 1. The van der Waals surface area contributed by atoms with E-state index in [9.17, 15) is 9.00 Å². The monoisotopic (exact) mass is 283 g/mol. The highest BCUT2D eigenvalue weighted by Gasteiger charge is 2.29.